The Kier molecular flexibility index (Phi) is 4.89. The smallest absolute Gasteiger partial charge is 0.286 e. The van der Waals surface area contributed by atoms with Gasteiger partial charge in [-0.3, -0.25) is 4.79 Å². The number of fused-ring (bicyclic) bond motifs is 3. The number of hydrogen-bond donors (Lipinski definition) is 1. The van der Waals surface area contributed by atoms with Crippen LogP contribution in [0.2, 0.25) is 0 Å². The predicted molar refractivity (Wildman–Crippen MR) is 104 cm³/mol. The molecule has 0 bridgehead atoms. The molecule has 1 saturated heterocycles. The summed E-state index contributed by atoms with van der Waals surface area (Å²) in [6, 6.07) is 10.5. The highest BCUT2D eigenvalue weighted by atomic mass is 32.2. The number of nitrogens with zero attached hydrogens (tertiary/aromatic N) is 2. The van der Waals surface area contributed by atoms with E-state index in [0.29, 0.717) is 17.9 Å². The van der Waals surface area contributed by atoms with Gasteiger partial charge in [0.05, 0.1) is 5.69 Å². The van der Waals surface area contributed by atoms with Crippen molar-refractivity contribution >= 4 is 27.5 Å². The summed E-state index contributed by atoms with van der Waals surface area (Å²) in [5.41, 5.74) is 1.58. The first-order valence-electron chi connectivity index (χ1n) is 9.22. The van der Waals surface area contributed by atoms with Crippen molar-refractivity contribution in [3.8, 4) is 0 Å². The van der Waals surface area contributed by atoms with Crippen LogP contribution in [0.25, 0.3) is 0 Å². The minimum Gasteiger partial charge on any atom is -0.348 e. The molecular weight excluding hydrogens is 381 g/mol. The highest BCUT2D eigenvalue weighted by molar-refractivity contribution is 7.90. The number of hydrogen-bond acceptors (Lipinski definition) is 4. The number of anilines is 1. The summed E-state index contributed by atoms with van der Waals surface area (Å²) < 4.78 is 42.2. The molecule has 2 aromatic carbocycles. The molecule has 0 aliphatic carbocycles. The molecule has 0 unspecified atom stereocenters. The van der Waals surface area contributed by atoms with Crippen molar-refractivity contribution in [2.75, 3.05) is 11.4 Å². The van der Waals surface area contributed by atoms with Gasteiger partial charge in [-0.25, -0.2) is 4.39 Å². The number of rotatable bonds is 3. The second-order valence-electron chi connectivity index (χ2n) is 6.94. The normalized spacial score (nSPS) is 17.8. The summed E-state index contributed by atoms with van der Waals surface area (Å²) in [5.74, 6) is -0.158. The van der Waals surface area contributed by atoms with E-state index in [2.05, 4.69) is 9.71 Å². The van der Waals surface area contributed by atoms with E-state index in [1.54, 1.807) is 24.3 Å². The number of sulfonamides is 1. The third-order valence-corrected chi connectivity index (χ3v) is 6.31. The number of amides is 1. The second-order valence-corrected chi connectivity index (χ2v) is 8.51. The van der Waals surface area contributed by atoms with Crippen molar-refractivity contribution in [1.82, 2.24) is 5.32 Å². The first-order chi connectivity index (χ1) is 13.4. The van der Waals surface area contributed by atoms with Crippen LogP contribution in [-0.2, 0) is 16.6 Å². The molecule has 2 heterocycles. The van der Waals surface area contributed by atoms with Crippen LogP contribution in [0.1, 0.15) is 41.6 Å². The van der Waals surface area contributed by atoms with Crippen molar-refractivity contribution in [2.24, 2.45) is 4.40 Å². The Labute approximate surface area is 163 Å². The zero-order chi connectivity index (χ0) is 19.7. The maximum Gasteiger partial charge on any atom is 0.286 e. The van der Waals surface area contributed by atoms with Gasteiger partial charge in [0, 0.05) is 25.1 Å². The van der Waals surface area contributed by atoms with Gasteiger partial charge in [0.2, 0.25) is 0 Å². The van der Waals surface area contributed by atoms with Crippen molar-refractivity contribution in [2.45, 2.75) is 37.1 Å². The van der Waals surface area contributed by atoms with Crippen molar-refractivity contribution in [3.05, 3.63) is 59.4 Å². The average molecular weight is 401 g/mol. The zero-order valence-electron chi connectivity index (χ0n) is 15.2. The molecule has 0 saturated carbocycles. The van der Waals surface area contributed by atoms with Crippen LogP contribution < -0.4 is 10.2 Å². The Balaban J connectivity index is 1.58. The molecule has 0 spiro atoms. The summed E-state index contributed by atoms with van der Waals surface area (Å²) in [4.78, 5) is 14.5. The number of carbonyl (C=O) groups excluding carboxylic acids is 1. The first-order valence-corrected chi connectivity index (χ1v) is 10.7. The molecule has 1 amide bonds. The summed E-state index contributed by atoms with van der Waals surface area (Å²) in [7, 11) is -3.83. The highest BCUT2D eigenvalue weighted by Crippen LogP contribution is 2.34. The molecular formula is C20H20FN3O3S. The Hall–Kier alpha value is -2.74. The fraction of sp³-hybridized carbons (Fsp3) is 0.300. The lowest BCUT2D eigenvalue weighted by atomic mass is 10.1. The van der Waals surface area contributed by atoms with Crippen LogP contribution in [-0.4, -0.2) is 26.7 Å². The van der Waals surface area contributed by atoms with Crippen LogP contribution in [0.5, 0.6) is 0 Å². The fourth-order valence-corrected chi connectivity index (χ4v) is 4.79. The molecule has 2 aliphatic heterocycles. The minimum absolute atomic E-state index is 0.0626. The van der Waals surface area contributed by atoms with E-state index in [9.17, 15) is 17.6 Å². The van der Waals surface area contributed by atoms with E-state index < -0.39 is 15.9 Å². The summed E-state index contributed by atoms with van der Waals surface area (Å²) in [6.45, 7) is 0.939. The number of amidine groups is 1. The first kappa shape index (κ1) is 18.6. The molecule has 1 N–H and O–H groups in total. The summed E-state index contributed by atoms with van der Waals surface area (Å²) >= 11 is 0. The van der Waals surface area contributed by atoms with Crippen LogP contribution in [0.3, 0.4) is 0 Å². The van der Waals surface area contributed by atoms with E-state index in [1.807, 2.05) is 4.90 Å². The summed E-state index contributed by atoms with van der Waals surface area (Å²) in [6.07, 6.45) is 3.57. The van der Waals surface area contributed by atoms with Crippen LogP contribution in [0.15, 0.2) is 51.8 Å². The predicted octanol–water partition coefficient (Wildman–Crippen LogP) is 3.24. The number of benzene rings is 2. The van der Waals surface area contributed by atoms with Gasteiger partial charge >= 0.3 is 0 Å². The average Bonchev–Trinajstić information content (AvgIpc) is 2.92. The van der Waals surface area contributed by atoms with Crippen LogP contribution in [0.4, 0.5) is 10.1 Å². The van der Waals surface area contributed by atoms with E-state index in [4.69, 9.17) is 0 Å². The number of nitrogens with one attached hydrogen (secondary N) is 1. The third kappa shape index (κ3) is 3.64. The highest BCUT2D eigenvalue weighted by Gasteiger charge is 2.32. The molecule has 146 valence electrons. The Bertz CT molecular complexity index is 1050. The topological polar surface area (TPSA) is 78.8 Å². The standard InChI is InChI=1S/C20H20FN3O3S/c21-16-8-5-14(6-9-16)13-22-20(25)15-7-10-17-18(12-15)28(26,27)23-19-4-2-1-3-11-24(17)19/h5-10,12H,1-4,11,13H2,(H,22,25). The lowest BCUT2D eigenvalue weighted by molar-refractivity contribution is 0.0950. The molecule has 6 nitrogen and oxygen atoms in total. The molecule has 0 aromatic heterocycles. The van der Waals surface area contributed by atoms with E-state index in [1.165, 1.54) is 18.2 Å². The Morgan fingerprint density at radius 1 is 1.11 bits per heavy atom. The van der Waals surface area contributed by atoms with Crippen LogP contribution in [0, 0.1) is 5.82 Å². The number of halogens is 1. The van der Waals surface area contributed by atoms with E-state index in [0.717, 1.165) is 31.4 Å². The van der Waals surface area contributed by atoms with E-state index >= 15 is 0 Å². The summed E-state index contributed by atoms with van der Waals surface area (Å²) in [5, 5.41) is 2.73. The molecule has 28 heavy (non-hydrogen) atoms. The van der Waals surface area contributed by atoms with Crippen molar-refractivity contribution < 1.29 is 17.6 Å². The lowest BCUT2D eigenvalue weighted by Gasteiger charge is -2.29. The van der Waals surface area contributed by atoms with Crippen LogP contribution >= 0.6 is 0 Å². The van der Waals surface area contributed by atoms with Gasteiger partial charge in [-0.15, -0.1) is 4.40 Å². The molecule has 0 atom stereocenters. The largest absolute Gasteiger partial charge is 0.348 e. The Morgan fingerprint density at radius 3 is 2.68 bits per heavy atom. The van der Waals surface area contributed by atoms with Gasteiger partial charge in [0.25, 0.3) is 15.9 Å². The van der Waals surface area contributed by atoms with Gasteiger partial charge in [0.1, 0.15) is 16.5 Å². The minimum atomic E-state index is -3.83. The number of carbonyl (C=O) groups is 1. The maximum absolute atomic E-state index is 13.0. The second kappa shape index (κ2) is 7.35. The van der Waals surface area contributed by atoms with Gasteiger partial charge in [0.15, 0.2) is 0 Å². The van der Waals surface area contributed by atoms with Gasteiger partial charge in [-0.2, -0.15) is 8.42 Å². The molecule has 0 radical (unpaired) electrons. The molecule has 2 aliphatic rings. The zero-order valence-corrected chi connectivity index (χ0v) is 16.0. The molecule has 1 fully saturated rings. The monoisotopic (exact) mass is 401 g/mol. The molecule has 2 aromatic rings. The van der Waals surface area contributed by atoms with E-state index in [-0.39, 0.29) is 22.8 Å². The fourth-order valence-electron chi connectivity index (χ4n) is 3.51. The molecule has 8 heteroatoms. The maximum atomic E-state index is 13.0. The van der Waals surface area contributed by atoms with Gasteiger partial charge in [-0.05, 0) is 48.7 Å². The SMILES string of the molecule is O=C(NCc1ccc(F)cc1)c1ccc2c(c1)S(=O)(=O)N=C1CCCCCN12. The third-order valence-electron chi connectivity index (χ3n) is 4.98. The lowest BCUT2D eigenvalue weighted by Crippen LogP contribution is -2.35. The van der Waals surface area contributed by atoms with Crippen molar-refractivity contribution in [1.29, 1.82) is 0 Å². The van der Waals surface area contributed by atoms with Gasteiger partial charge < -0.3 is 10.2 Å². The Morgan fingerprint density at radius 2 is 1.89 bits per heavy atom. The van der Waals surface area contributed by atoms with Gasteiger partial charge in [-0.1, -0.05) is 18.6 Å². The molecule has 4 rings (SSSR count). The quantitative estimate of drug-likeness (QED) is 0.856. The van der Waals surface area contributed by atoms with Crippen molar-refractivity contribution in [3.63, 3.8) is 0 Å².